The van der Waals surface area contributed by atoms with Crippen molar-refractivity contribution in [3.63, 3.8) is 0 Å². The van der Waals surface area contributed by atoms with E-state index in [0.717, 1.165) is 5.56 Å². The second-order valence-corrected chi connectivity index (χ2v) is 4.67. The highest BCUT2D eigenvalue weighted by Crippen LogP contribution is 2.39. The highest BCUT2D eigenvalue weighted by Gasteiger charge is 2.19. The minimum absolute atomic E-state index is 0.110. The second-order valence-electron chi connectivity index (χ2n) is 4.26. The molecule has 1 aliphatic heterocycles. The van der Waals surface area contributed by atoms with Crippen molar-refractivity contribution >= 4 is 11.6 Å². The second kappa shape index (κ2) is 5.12. The zero-order valence-corrected chi connectivity index (χ0v) is 10.7. The van der Waals surface area contributed by atoms with Crippen LogP contribution in [0.4, 0.5) is 0 Å². The first-order valence-electron chi connectivity index (χ1n) is 5.51. The molecule has 0 fully saturated rings. The molecule has 1 atom stereocenters. The lowest BCUT2D eigenvalue weighted by atomic mass is 10.1. The SMILES string of the molecule is CC(CO)N(C)Cc1cc(Cl)c2c(c1)OCO2. The van der Waals surface area contributed by atoms with Crippen molar-refractivity contribution in [1.82, 2.24) is 4.90 Å². The highest BCUT2D eigenvalue weighted by molar-refractivity contribution is 6.32. The Balaban J connectivity index is 2.15. The van der Waals surface area contributed by atoms with Crippen molar-refractivity contribution in [3.8, 4) is 11.5 Å². The Morgan fingerprint density at radius 3 is 2.94 bits per heavy atom. The number of hydrogen-bond acceptors (Lipinski definition) is 4. The first kappa shape index (κ1) is 12.5. The van der Waals surface area contributed by atoms with Gasteiger partial charge in [0.2, 0.25) is 6.79 Å². The largest absolute Gasteiger partial charge is 0.454 e. The van der Waals surface area contributed by atoms with Crippen molar-refractivity contribution in [1.29, 1.82) is 0 Å². The highest BCUT2D eigenvalue weighted by atomic mass is 35.5. The van der Waals surface area contributed by atoms with Crippen molar-refractivity contribution in [3.05, 3.63) is 22.7 Å². The van der Waals surface area contributed by atoms with Crippen LogP contribution < -0.4 is 9.47 Å². The molecule has 17 heavy (non-hydrogen) atoms. The lowest BCUT2D eigenvalue weighted by Gasteiger charge is -2.22. The van der Waals surface area contributed by atoms with Gasteiger partial charge in [0.05, 0.1) is 11.6 Å². The molecule has 1 aliphatic rings. The molecule has 0 aromatic heterocycles. The number of aliphatic hydroxyl groups is 1. The van der Waals surface area contributed by atoms with Crippen LogP contribution in [0.3, 0.4) is 0 Å². The van der Waals surface area contributed by atoms with Crippen molar-refractivity contribution < 1.29 is 14.6 Å². The van der Waals surface area contributed by atoms with Gasteiger partial charge in [-0.3, -0.25) is 4.90 Å². The van der Waals surface area contributed by atoms with Crippen molar-refractivity contribution in [2.24, 2.45) is 0 Å². The summed E-state index contributed by atoms with van der Waals surface area (Å²) in [6.45, 7) is 3.03. The Morgan fingerprint density at radius 2 is 2.24 bits per heavy atom. The molecule has 1 unspecified atom stereocenters. The van der Waals surface area contributed by atoms with Crippen LogP contribution in [-0.4, -0.2) is 36.5 Å². The Kier molecular flexibility index (Phi) is 3.76. The van der Waals surface area contributed by atoms with Gasteiger partial charge in [-0.1, -0.05) is 11.6 Å². The predicted octanol–water partition coefficient (Wildman–Crippen LogP) is 1.88. The number of rotatable bonds is 4. The Bertz CT molecular complexity index is 411. The molecular weight excluding hydrogens is 242 g/mol. The van der Waals surface area contributed by atoms with Crippen LogP contribution in [0.15, 0.2) is 12.1 Å². The van der Waals surface area contributed by atoms with Gasteiger partial charge in [0.1, 0.15) is 0 Å². The fourth-order valence-electron chi connectivity index (χ4n) is 1.70. The predicted molar refractivity (Wildman–Crippen MR) is 65.6 cm³/mol. The molecule has 1 N–H and O–H groups in total. The zero-order chi connectivity index (χ0) is 12.4. The van der Waals surface area contributed by atoms with E-state index >= 15 is 0 Å². The van der Waals surface area contributed by atoms with Crippen LogP contribution >= 0.6 is 11.6 Å². The summed E-state index contributed by atoms with van der Waals surface area (Å²) in [6.07, 6.45) is 0. The van der Waals surface area contributed by atoms with Gasteiger partial charge in [-0.05, 0) is 31.7 Å². The van der Waals surface area contributed by atoms with Gasteiger partial charge < -0.3 is 14.6 Å². The third kappa shape index (κ3) is 2.65. The van der Waals surface area contributed by atoms with E-state index in [1.807, 2.05) is 31.0 Å². The van der Waals surface area contributed by atoms with Gasteiger partial charge in [-0.15, -0.1) is 0 Å². The zero-order valence-electron chi connectivity index (χ0n) is 9.94. The summed E-state index contributed by atoms with van der Waals surface area (Å²) in [6, 6.07) is 3.91. The molecule has 0 saturated carbocycles. The first-order chi connectivity index (χ1) is 8.11. The summed E-state index contributed by atoms with van der Waals surface area (Å²) < 4.78 is 10.6. The van der Waals surface area contributed by atoms with E-state index in [0.29, 0.717) is 23.1 Å². The molecule has 94 valence electrons. The summed E-state index contributed by atoms with van der Waals surface area (Å²) in [4.78, 5) is 2.05. The number of halogens is 1. The molecule has 1 heterocycles. The normalized spacial score (nSPS) is 15.4. The fraction of sp³-hybridized carbons (Fsp3) is 0.500. The van der Waals surface area contributed by atoms with Crippen LogP contribution in [0.1, 0.15) is 12.5 Å². The molecule has 0 spiro atoms. The molecule has 1 aromatic rings. The number of nitrogens with zero attached hydrogens (tertiary/aromatic N) is 1. The molecular formula is C12H16ClNO3. The van der Waals surface area contributed by atoms with Crippen molar-refractivity contribution in [2.45, 2.75) is 19.5 Å². The van der Waals surface area contributed by atoms with Crippen LogP contribution in [-0.2, 0) is 6.54 Å². The van der Waals surface area contributed by atoms with Crippen LogP contribution in [0.2, 0.25) is 5.02 Å². The number of hydrogen-bond donors (Lipinski definition) is 1. The van der Waals surface area contributed by atoms with Gasteiger partial charge >= 0.3 is 0 Å². The van der Waals surface area contributed by atoms with Gasteiger partial charge in [0.25, 0.3) is 0 Å². The third-order valence-electron chi connectivity index (χ3n) is 2.94. The lowest BCUT2D eigenvalue weighted by molar-refractivity contribution is 0.154. The number of ether oxygens (including phenoxy) is 2. The minimum atomic E-state index is 0.110. The van der Waals surface area contributed by atoms with E-state index in [2.05, 4.69) is 0 Å². The van der Waals surface area contributed by atoms with Crippen LogP contribution in [0.5, 0.6) is 11.5 Å². The van der Waals surface area contributed by atoms with E-state index in [9.17, 15) is 0 Å². The summed E-state index contributed by atoms with van der Waals surface area (Å²) in [7, 11) is 1.96. The van der Waals surface area contributed by atoms with E-state index < -0.39 is 0 Å². The molecule has 0 saturated heterocycles. The fourth-order valence-corrected chi connectivity index (χ4v) is 1.98. The van der Waals surface area contributed by atoms with Crippen molar-refractivity contribution in [2.75, 3.05) is 20.4 Å². The van der Waals surface area contributed by atoms with Gasteiger partial charge in [0.15, 0.2) is 11.5 Å². The molecule has 0 radical (unpaired) electrons. The minimum Gasteiger partial charge on any atom is -0.454 e. The monoisotopic (exact) mass is 257 g/mol. The molecule has 0 amide bonds. The van der Waals surface area contributed by atoms with Gasteiger partial charge in [-0.2, -0.15) is 0 Å². The maximum atomic E-state index is 9.08. The van der Waals surface area contributed by atoms with Gasteiger partial charge in [0, 0.05) is 12.6 Å². The number of aliphatic hydroxyl groups excluding tert-OH is 1. The standard InChI is InChI=1S/C12H16ClNO3/c1-8(6-15)14(2)5-9-3-10(13)12-11(4-9)16-7-17-12/h3-4,8,15H,5-7H2,1-2H3. The molecule has 2 rings (SSSR count). The topological polar surface area (TPSA) is 41.9 Å². The quantitative estimate of drug-likeness (QED) is 0.894. The molecule has 0 bridgehead atoms. The Morgan fingerprint density at radius 1 is 1.47 bits per heavy atom. The average Bonchev–Trinajstić information content (AvgIpc) is 2.76. The molecule has 1 aromatic carbocycles. The average molecular weight is 258 g/mol. The summed E-state index contributed by atoms with van der Waals surface area (Å²) >= 11 is 6.10. The number of likely N-dealkylation sites (N-methyl/N-ethyl adjacent to an activating group) is 1. The van der Waals surface area contributed by atoms with E-state index in [-0.39, 0.29) is 19.4 Å². The van der Waals surface area contributed by atoms with E-state index in [1.54, 1.807) is 0 Å². The molecule has 0 aliphatic carbocycles. The van der Waals surface area contributed by atoms with Gasteiger partial charge in [-0.25, -0.2) is 0 Å². The first-order valence-corrected chi connectivity index (χ1v) is 5.88. The number of fused-ring (bicyclic) bond motifs is 1. The van der Waals surface area contributed by atoms with Crippen LogP contribution in [0.25, 0.3) is 0 Å². The smallest absolute Gasteiger partial charge is 0.231 e. The molecule has 5 heteroatoms. The van der Waals surface area contributed by atoms with Crippen LogP contribution in [0, 0.1) is 0 Å². The van der Waals surface area contributed by atoms with E-state index in [1.165, 1.54) is 0 Å². The lowest BCUT2D eigenvalue weighted by Crippen LogP contribution is -2.31. The Hall–Kier alpha value is -0.970. The summed E-state index contributed by atoms with van der Waals surface area (Å²) in [5.74, 6) is 1.31. The maximum Gasteiger partial charge on any atom is 0.231 e. The summed E-state index contributed by atoms with van der Waals surface area (Å²) in [5, 5.41) is 9.65. The summed E-state index contributed by atoms with van der Waals surface area (Å²) in [5.41, 5.74) is 1.04. The number of benzene rings is 1. The van der Waals surface area contributed by atoms with E-state index in [4.69, 9.17) is 26.2 Å². The maximum absolute atomic E-state index is 9.08. The third-order valence-corrected chi connectivity index (χ3v) is 3.22. The Labute approximate surface area is 106 Å². The molecule has 4 nitrogen and oxygen atoms in total.